The highest BCUT2D eigenvalue weighted by molar-refractivity contribution is 7.09. The SMILES string of the molecule is CC(c1nc(CCl)cs1)N1CCCCC1C(N)=O. The summed E-state index contributed by atoms with van der Waals surface area (Å²) in [6.07, 6.45) is 3.04. The number of nitrogens with two attached hydrogens (primary N) is 1. The zero-order chi connectivity index (χ0) is 13.1. The van der Waals surface area contributed by atoms with Gasteiger partial charge in [0.15, 0.2) is 0 Å². The predicted molar refractivity (Wildman–Crippen MR) is 73.6 cm³/mol. The van der Waals surface area contributed by atoms with Crippen LogP contribution in [0.4, 0.5) is 0 Å². The molecule has 0 bridgehead atoms. The first-order valence-electron chi connectivity index (χ1n) is 6.18. The van der Waals surface area contributed by atoms with Gasteiger partial charge in [-0.3, -0.25) is 9.69 Å². The Balaban J connectivity index is 2.14. The Hall–Kier alpha value is -0.650. The first kappa shape index (κ1) is 13.8. The van der Waals surface area contributed by atoms with Gasteiger partial charge in [-0.1, -0.05) is 6.42 Å². The number of rotatable bonds is 4. The molecule has 0 aromatic carbocycles. The zero-order valence-electron chi connectivity index (χ0n) is 10.4. The number of piperidine rings is 1. The smallest absolute Gasteiger partial charge is 0.234 e. The fraction of sp³-hybridized carbons (Fsp3) is 0.667. The van der Waals surface area contributed by atoms with E-state index in [4.69, 9.17) is 17.3 Å². The lowest BCUT2D eigenvalue weighted by molar-refractivity contribution is -0.125. The van der Waals surface area contributed by atoms with Crippen molar-refractivity contribution in [2.75, 3.05) is 6.54 Å². The van der Waals surface area contributed by atoms with E-state index in [1.807, 2.05) is 5.38 Å². The van der Waals surface area contributed by atoms with E-state index in [0.29, 0.717) is 5.88 Å². The summed E-state index contributed by atoms with van der Waals surface area (Å²) in [7, 11) is 0. The average molecular weight is 288 g/mol. The van der Waals surface area contributed by atoms with Gasteiger partial charge in [0.1, 0.15) is 5.01 Å². The lowest BCUT2D eigenvalue weighted by Gasteiger charge is -2.37. The molecular weight excluding hydrogens is 270 g/mol. The molecule has 0 spiro atoms. The number of carbonyl (C=O) groups is 1. The molecule has 1 fully saturated rings. The van der Waals surface area contributed by atoms with E-state index in [2.05, 4.69) is 16.8 Å². The Morgan fingerprint density at radius 2 is 2.50 bits per heavy atom. The number of hydrogen-bond acceptors (Lipinski definition) is 4. The lowest BCUT2D eigenvalue weighted by atomic mass is 10.00. The van der Waals surface area contributed by atoms with Gasteiger partial charge < -0.3 is 5.73 Å². The molecule has 2 unspecified atom stereocenters. The number of likely N-dealkylation sites (tertiary alicyclic amines) is 1. The third-order valence-corrected chi connectivity index (χ3v) is 4.77. The van der Waals surface area contributed by atoms with Crippen molar-refractivity contribution in [3.63, 3.8) is 0 Å². The van der Waals surface area contributed by atoms with Gasteiger partial charge in [-0.25, -0.2) is 4.98 Å². The van der Waals surface area contributed by atoms with E-state index in [1.54, 1.807) is 11.3 Å². The van der Waals surface area contributed by atoms with Crippen LogP contribution in [0.25, 0.3) is 0 Å². The Morgan fingerprint density at radius 1 is 1.72 bits per heavy atom. The Morgan fingerprint density at radius 3 is 3.11 bits per heavy atom. The quantitative estimate of drug-likeness (QED) is 0.865. The first-order chi connectivity index (χ1) is 8.63. The number of primary amides is 1. The third kappa shape index (κ3) is 2.84. The molecule has 1 aliphatic rings. The van der Waals surface area contributed by atoms with Crippen molar-refractivity contribution in [3.05, 3.63) is 16.1 Å². The number of nitrogens with zero attached hydrogens (tertiary/aromatic N) is 2. The number of thiazole rings is 1. The molecule has 2 rings (SSSR count). The van der Waals surface area contributed by atoms with E-state index >= 15 is 0 Å². The summed E-state index contributed by atoms with van der Waals surface area (Å²) in [5, 5.41) is 2.99. The number of halogens is 1. The van der Waals surface area contributed by atoms with E-state index in [0.717, 1.165) is 36.5 Å². The normalized spacial score (nSPS) is 22.9. The topological polar surface area (TPSA) is 59.2 Å². The van der Waals surface area contributed by atoms with E-state index < -0.39 is 0 Å². The predicted octanol–water partition coefficient (Wildman–Crippen LogP) is 2.28. The van der Waals surface area contributed by atoms with Gasteiger partial charge in [-0.15, -0.1) is 22.9 Å². The van der Waals surface area contributed by atoms with Gasteiger partial charge in [-0.2, -0.15) is 0 Å². The molecule has 2 atom stereocenters. The molecule has 1 saturated heterocycles. The summed E-state index contributed by atoms with van der Waals surface area (Å²) < 4.78 is 0. The first-order valence-corrected chi connectivity index (χ1v) is 7.60. The Kier molecular flexibility index (Phi) is 4.59. The van der Waals surface area contributed by atoms with Gasteiger partial charge >= 0.3 is 0 Å². The van der Waals surface area contributed by atoms with Crippen molar-refractivity contribution in [3.8, 4) is 0 Å². The molecule has 4 nitrogen and oxygen atoms in total. The molecule has 100 valence electrons. The highest BCUT2D eigenvalue weighted by Crippen LogP contribution is 2.30. The lowest BCUT2D eigenvalue weighted by Crippen LogP contribution is -2.48. The standard InChI is InChI=1S/C12H18ClN3OS/c1-8(12-15-9(6-13)7-18-12)16-5-3-2-4-10(16)11(14)17/h7-8,10H,2-6H2,1H3,(H2,14,17). The van der Waals surface area contributed by atoms with Gasteiger partial charge in [0.05, 0.1) is 23.7 Å². The minimum absolute atomic E-state index is 0.129. The maximum atomic E-state index is 11.5. The van der Waals surface area contributed by atoms with Crippen LogP contribution in [0.1, 0.15) is 42.9 Å². The molecule has 2 heterocycles. The van der Waals surface area contributed by atoms with Crippen LogP contribution in [-0.2, 0) is 10.7 Å². The van der Waals surface area contributed by atoms with Gasteiger partial charge in [0.2, 0.25) is 5.91 Å². The fourth-order valence-electron chi connectivity index (χ4n) is 2.44. The highest BCUT2D eigenvalue weighted by Gasteiger charge is 2.32. The Labute approximate surface area is 116 Å². The molecule has 1 amide bonds. The number of alkyl halides is 1. The van der Waals surface area contributed by atoms with Crippen molar-refractivity contribution >= 4 is 28.8 Å². The molecule has 6 heteroatoms. The summed E-state index contributed by atoms with van der Waals surface area (Å²) >= 11 is 7.37. The number of carbonyl (C=O) groups excluding carboxylic acids is 1. The van der Waals surface area contributed by atoms with Gasteiger partial charge in [-0.05, 0) is 26.3 Å². The summed E-state index contributed by atoms with van der Waals surface area (Å²) in [6.45, 7) is 2.99. The van der Waals surface area contributed by atoms with Crippen LogP contribution in [-0.4, -0.2) is 28.4 Å². The zero-order valence-corrected chi connectivity index (χ0v) is 12.0. The molecule has 1 aliphatic heterocycles. The van der Waals surface area contributed by atoms with Crippen LogP contribution in [0.15, 0.2) is 5.38 Å². The number of hydrogen-bond donors (Lipinski definition) is 1. The summed E-state index contributed by atoms with van der Waals surface area (Å²) in [6, 6.07) is -0.0260. The molecule has 1 aromatic heterocycles. The van der Waals surface area contributed by atoms with Crippen molar-refractivity contribution in [1.82, 2.24) is 9.88 Å². The second-order valence-corrected chi connectivity index (χ2v) is 5.80. The maximum Gasteiger partial charge on any atom is 0.234 e. The minimum Gasteiger partial charge on any atom is -0.368 e. The molecule has 0 radical (unpaired) electrons. The average Bonchev–Trinajstić information content (AvgIpc) is 2.86. The molecule has 18 heavy (non-hydrogen) atoms. The molecular formula is C12H18ClN3OS. The van der Waals surface area contributed by atoms with E-state index in [-0.39, 0.29) is 18.0 Å². The van der Waals surface area contributed by atoms with Crippen LogP contribution in [0.2, 0.25) is 0 Å². The van der Waals surface area contributed by atoms with E-state index in [1.165, 1.54) is 0 Å². The summed E-state index contributed by atoms with van der Waals surface area (Å²) in [4.78, 5) is 18.2. The summed E-state index contributed by atoms with van der Waals surface area (Å²) in [5.41, 5.74) is 6.39. The van der Waals surface area contributed by atoms with Crippen molar-refractivity contribution in [1.29, 1.82) is 0 Å². The monoisotopic (exact) mass is 287 g/mol. The van der Waals surface area contributed by atoms with Crippen molar-refractivity contribution < 1.29 is 4.79 Å². The summed E-state index contributed by atoms with van der Waals surface area (Å²) in [5.74, 6) is 0.207. The second kappa shape index (κ2) is 5.99. The largest absolute Gasteiger partial charge is 0.368 e. The fourth-order valence-corrected chi connectivity index (χ4v) is 3.56. The van der Waals surface area contributed by atoms with Gasteiger partial charge in [0.25, 0.3) is 0 Å². The maximum absolute atomic E-state index is 11.5. The van der Waals surface area contributed by atoms with Crippen LogP contribution in [0.3, 0.4) is 0 Å². The van der Waals surface area contributed by atoms with Crippen molar-refractivity contribution in [2.45, 2.75) is 44.1 Å². The Bertz CT molecular complexity index is 423. The van der Waals surface area contributed by atoms with Crippen LogP contribution >= 0.6 is 22.9 Å². The minimum atomic E-state index is -0.226. The van der Waals surface area contributed by atoms with Crippen LogP contribution < -0.4 is 5.73 Å². The van der Waals surface area contributed by atoms with Gasteiger partial charge in [0, 0.05) is 5.38 Å². The highest BCUT2D eigenvalue weighted by atomic mass is 35.5. The van der Waals surface area contributed by atoms with Crippen molar-refractivity contribution in [2.24, 2.45) is 5.73 Å². The number of amides is 1. The van der Waals surface area contributed by atoms with E-state index in [9.17, 15) is 4.79 Å². The van der Waals surface area contributed by atoms with Crippen LogP contribution in [0, 0.1) is 0 Å². The molecule has 2 N–H and O–H groups in total. The molecule has 0 aliphatic carbocycles. The molecule has 0 saturated carbocycles. The second-order valence-electron chi connectivity index (χ2n) is 4.64. The number of aromatic nitrogens is 1. The third-order valence-electron chi connectivity index (χ3n) is 3.43. The molecule has 1 aromatic rings. The van der Waals surface area contributed by atoms with Crippen LogP contribution in [0.5, 0.6) is 0 Å².